The number of nitrogens with zero attached hydrogens (tertiary/aromatic N) is 1. The third-order valence-corrected chi connectivity index (χ3v) is 2.79. The molecule has 0 radical (unpaired) electrons. The Hall–Kier alpha value is -1.73. The van der Waals surface area contributed by atoms with Crippen LogP contribution in [0.1, 0.15) is 15.9 Å². The summed E-state index contributed by atoms with van der Waals surface area (Å²) in [5, 5.41) is 9.07. The maximum Gasteiger partial charge on any atom is 0.177 e. The average Bonchev–Trinajstić information content (AvgIpc) is 2.54. The number of nitriles is 1. The maximum atomic E-state index is 12.8. The smallest absolute Gasteiger partial charge is 0.177 e. The van der Waals surface area contributed by atoms with Gasteiger partial charge in [-0.25, -0.2) is 0 Å². The number of rotatable bonds is 1. The van der Waals surface area contributed by atoms with Gasteiger partial charge in [-0.2, -0.15) is 9.65 Å². The summed E-state index contributed by atoms with van der Waals surface area (Å²) in [5.74, 6) is 0. The fourth-order valence-corrected chi connectivity index (χ4v) is 2.08. The van der Waals surface area contributed by atoms with Gasteiger partial charge in [0.25, 0.3) is 0 Å². The summed E-state index contributed by atoms with van der Waals surface area (Å²) in [6.07, 6.45) is 0.607. The lowest BCUT2D eigenvalue weighted by atomic mass is 10.1. The topological polar surface area (TPSA) is 40.9 Å². The molecule has 0 aliphatic rings. The molecule has 1 heterocycles. The molecule has 0 atom stereocenters. The zero-order valence-electron chi connectivity index (χ0n) is 6.95. The molecule has 14 heavy (non-hydrogen) atoms. The first-order chi connectivity index (χ1) is 6.74. The zero-order valence-corrected chi connectivity index (χ0v) is 7.77. The number of hydrogen-bond acceptors (Lipinski definition) is 3. The van der Waals surface area contributed by atoms with E-state index in [0.717, 1.165) is 11.3 Å². The summed E-state index contributed by atoms with van der Waals surface area (Å²) in [4.78, 5) is 10.6. The molecule has 1 aromatic carbocycles. The third-order valence-electron chi connectivity index (χ3n) is 1.91. The summed E-state index contributed by atoms with van der Waals surface area (Å²) < 4.78 is 13.5. The van der Waals surface area contributed by atoms with Crippen LogP contribution < -0.4 is 0 Å². The molecule has 2 nitrogen and oxygen atoms in total. The van der Waals surface area contributed by atoms with E-state index in [-0.39, 0.29) is 10.7 Å². The van der Waals surface area contributed by atoms with Gasteiger partial charge in [-0.1, -0.05) is 0 Å². The van der Waals surface area contributed by atoms with Gasteiger partial charge in [-0.15, -0.1) is 11.3 Å². The second kappa shape index (κ2) is 3.20. The fourth-order valence-electron chi connectivity index (χ4n) is 1.26. The van der Waals surface area contributed by atoms with Gasteiger partial charge in [-0.3, -0.25) is 4.79 Å². The van der Waals surface area contributed by atoms with Gasteiger partial charge >= 0.3 is 0 Å². The lowest BCUT2D eigenvalue weighted by Gasteiger charge is -1.94. The van der Waals surface area contributed by atoms with Crippen LogP contribution in [0.25, 0.3) is 10.1 Å². The summed E-state index contributed by atoms with van der Waals surface area (Å²) in [7, 11) is 0. The van der Waals surface area contributed by atoms with E-state index in [1.807, 2.05) is 6.07 Å². The van der Waals surface area contributed by atoms with E-state index in [9.17, 15) is 9.18 Å². The quantitative estimate of drug-likeness (QED) is 0.671. The van der Waals surface area contributed by atoms with Gasteiger partial charge < -0.3 is 0 Å². The van der Waals surface area contributed by atoms with Crippen LogP contribution in [0.4, 0.5) is 4.39 Å². The first kappa shape index (κ1) is 8.85. The molecule has 0 spiro atoms. The van der Waals surface area contributed by atoms with Crippen molar-refractivity contribution in [2.24, 2.45) is 0 Å². The van der Waals surface area contributed by atoms with Crippen molar-refractivity contribution < 1.29 is 9.18 Å². The Bertz CT molecular complexity index is 553. The molecule has 0 fully saturated rings. The van der Waals surface area contributed by atoms with Crippen molar-refractivity contribution in [1.29, 1.82) is 5.26 Å². The third kappa shape index (κ3) is 1.28. The molecule has 0 N–H and O–H groups in total. The van der Waals surface area contributed by atoms with Gasteiger partial charge in [-0.05, 0) is 23.6 Å². The van der Waals surface area contributed by atoms with Gasteiger partial charge in [0.2, 0.25) is 0 Å². The highest BCUT2D eigenvalue weighted by Gasteiger charge is 2.06. The first-order valence-electron chi connectivity index (χ1n) is 3.83. The van der Waals surface area contributed by atoms with Gasteiger partial charge in [0.1, 0.15) is 0 Å². The number of halogens is 1. The van der Waals surface area contributed by atoms with E-state index >= 15 is 0 Å². The Morgan fingerprint density at radius 1 is 1.43 bits per heavy atom. The summed E-state index contributed by atoms with van der Waals surface area (Å²) >= 11 is 0.966. The maximum absolute atomic E-state index is 12.8. The lowest BCUT2D eigenvalue weighted by Crippen LogP contribution is -1.85. The van der Waals surface area contributed by atoms with Crippen LogP contribution in [0.2, 0.25) is 0 Å². The number of aldehydes is 1. The highest BCUT2D eigenvalue weighted by molar-refractivity contribution is 7.17. The molecule has 0 aliphatic carbocycles. The molecule has 2 rings (SSSR count). The minimum absolute atomic E-state index is 0.283. The van der Waals surface area contributed by atoms with Crippen molar-refractivity contribution in [3.63, 3.8) is 0 Å². The highest BCUT2D eigenvalue weighted by Crippen LogP contribution is 2.26. The first-order valence-corrected chi connectivity index (χ1v) is 4.64. The highest BCUT2D eigenvalue weighted by atomic mass is 32.1. The van der Waals surface area contributed by atoms with E-state index in [1.165, 1.54) is 18.2 Å². The number of hydrogen-bond donors (Lipinski definition) is 0. The van der Waals surface area contributed by atoms with Gasteiger partial charge in [0.05, 0.1) is 11.6 Å². The van der Waals surface area contributed by atoms with Crippen molar-refractivity contribution in [3.05, 3.63) is 34.5 Å². The number of benzene rings is 1. The average molecular weight is 205 g/mol. The monoisotopic (exact) mass is 205 g/mol. The molecule has 0 saturated carbocycles. The molecular formula is C10H4FNOS. The number of carbonyl (C=O) groups is 1. The Balaban J connectivity index is 2.82. The van der Waals surface area contributed by atoms with Gasteiger partial charge in [0, 0.05) is 10.3 Å². The molecule has 4 heteroatoms. The predicted octanol–water partition coefficient (Wildman–Crippen LogP) is 2.72. The molecule has 0 unspecified atom stereocenters. The van der Waals surface area contributed by atoms with Crippen LogP contribution >= 0.6 is 11.3 Å². The van der Waals surface area contributed by atoms with Crippen molar-refractivity contribution in [3.8, 4) is 6.07 Å². The van der Waals surface area contributed by atoms with Crippen LogP contribution in [-0.4, -0.2) is 6.29 Å². The van der Waals surface area contributed by atoms with E-state index in [4.69, 9.17) is 5.26 Å². The minimum atomic E-state index is -0.313. The Labute approximate surface area is 83.2 Å². The summed E-state index contributed by atoms with van der Waals surface area (Å²) in [6, 6.07) is 6.32. The van der Waals surface area contributed by atoms with Crippen LogP contribution in [0.15, 0.2) is 18.2 Å². The number of thiophene rings is 1. The molecule has 0 bridgehead atoms. The van der Waals surface area contributed by atoms with Crippen molar-refractivity contribution in [1.82, 2.24) is 0 Å². The SMILES string of the molecule is N#Cc1cc2cc(F)sc2cc1C=O. The second-order valence-electron chi connectivity index (χ2n) is 2.76. The molecule has 0 amide bonds. The van der Waals surface area contributed by atoms with Crippen molar-refractivity contribution in [2.75, 3.05) is 0 Å². The van der Waals surface area contributed by atoms with Crippen molar-refractivity contribution in [2.45, 2.75) is 0 Å². The van der Waals surface area contributed by atoms with Crippen LogP contribution in [0, 0.1) is 16.5 Å². The lowest BCUT2D eigenvalue weighted by molar-refractivity contribution is 0.112. The Morgan fingerprint density at radius 3 is 2.86 bits per heavy atom. The van der Waals surface area contributed by atoms with Crippen LogP contribution in [0.3, 0.4) is 0 Å². The summed E-state index contributed by atoms with van der Waals surface area (Å²) in [5.41, 5.74) is 0.590. The summed E-state index contributed by atoms with van der Waals surface area (Å²) in [6.45, 7) is 0. The fraction of sp³-hybridized carbons (Fsp3) is 0. The number of fused-ring (bicyclic) bond motifs is 1. The zero-order chi connectivity index (χ0) is 10.1. The second-order valence-corrected chi connectivity index (χ2v) is 3.79. The Morgan fingerprint density at radius 2 is 2.21 bits per heavy atom. The molecular weight excluding hydrogens is 201 g/mol. The van der Waals surface area contributed by atoms with Crippen LogP contribution in [-0.2, 0) is 0 Å². The van der Waals surface area contributed by atoms with Gasteiger partial charge in [0.15, 0.2) is 11.4 Å². The number of carbonyl (C=O) groups excluding carboxylic acids is 1. The molecule has 0 saturated heterocycles. The van der Waals surface area contributed by atoms with E-state index < -0.39 is 0 Å². The van der Waals surface area contributed by atoms with E-state index in [2.05, 4.69) is 0 Å². The van der Waals surface area contributed by atoms with E-state index in [1.54, 1.807) is 0 Å². The van der Waals surface area contributed by atoms with Crippen molar-refractivity contribution >= 4 is 27.7 Å². The Kier molecular flexibility index (Phi) is 2.02. The van der Waals surface area contributed by atoms with E-state index in [0.29, 0.717) is 21.9 Å². The standard InChI is InChI=1S/C10H4FNOS/c11-10-3-6-1-7(4-12)8(5-13)2-9(6)14-10/h1-3,5H. The molecule has 2 aromatic rings. The molecule has 0 aliphatic heterocycles. The van der Waals surface area contributed by atoms with Crippen LogP contribution in [0.5, 0.6) is 0 Å². The predicted molar refractivity (Wildman–Crippen MR) is 51.9 cm³/mol. The normalized spacial score (nSPS) is 10.0. The minimum Gasteiger partial charge on any atom is -0.298 e. The molecule has 68 valence electrons. The molecule has 1 aromatic heterocycles. The largest absolute Gasteiger partial charge is 0.298 e.